The van der Waals surface area contributed by atoms with Crippen molar-refractivity contribution in [2.24, 2.45) is 11.0 Å². The first-order valence-electron chi connectivity index (χ1n) is 3.88. The van der Waals surface area contributed by atoms with E-state index < -0.39 is 0 Å². The van der Waals surface area contributed by atoms with Crippen molar-refractivity contribution in [2.75, 3.05) is 19.8 Å². The second-order valence-electron chi connectivity index (χ2n) is 2.55. The van der Waals surface area contributed by atoms with Gasteiger partial charge in [0.1, 0.15) is 0 Å². The molecule has 1 aliphatic rings. The lowest BCUT2D eigenvalue weighted by atomic mass is 10.1. The van der Waals surface area contributed by atoms with E-state index in [9.17, 15) is 0 Å². The molecular weight excluding hydrogens is 140 g/mol. The maximum atomic E-state index is 5.17. The Morgan fingerprint density at radius 3 is 3.27 bits per heavy atom. The van der Waals surface area contributed by atoms with Crippen LogP contribution in [0, 0.1) is 5.92 Å². The number of nitrogens with one attached hydrogen (secondary N) is 1. The molecule has 1 atom stereocenters. The van der Waals surface area contributed by atoms with E-state index in [1.807, 2.05) is 6.21 Å². The first kappa shape index (κ1) is 8.27. The van der Waals surface area contributed by atoms with Crippen LogP contribution in [0.3, 0.4) is 0 Å². The average molecular weight is 154 g/mol. The minimum Gasteiger partial charge on any atom is -0.381 e. The molecule has 3 nitrogen and oxygen atoms in total. The Balaban J connectivity index is 2.07. The summed E-state index contributed by atoms with van der Waals surface area (Å²) in [4.78, 5) is 0. The summed E-state index contributed by atoms with van der Waals surface area (Å²) in [6.45, 7) is 5.99. The smallest absolute Gasteiger partial charge is 0.0545 e. The van der Waals surface area contributed by atoms with Crippen LogP contribution >= 0.6 is 0 Å². The van der Waals surface area contributed by atoms with Crippen LogP contribution in [-0.2, 0) is 4.74 Å². The largest absolute Gasteiger partial charge is 0.381 e. The van der Waals surface area contributed by atoms with E-state index in [0.29, 0.717) is 5.92 Å². The van der Waals surface area contributed by atoms with Crippen LogP contribution in [0.1, 0.15) is 6.42 Å². The van der Waals surface area contributed by atoms with Gasteiger partial charge in [-0.05, 0) is 6.42 Å². The molecule has 1 heterocycles. The molecule has 1 fully saturated rings. The van der Waals surface area contributed by atoms with Crippen molar-refractivity contribution in [3.8, 4) is 0 Å². The lowest BCUT2D eigenvalue weighted by Gasteiger charge is -1.97. The van der Waals surface area contributed by atoms with Gasteiger partial charge < -0.3 is 10.2 Å². The highest BCUT2D eigenvalue weighted by Crippen LogP contribution is 2.08. The first-order chi connectivity index (χ1) is 5.43. The van der Waals surface area contributed by atoms with Gasteiger partial charge in [-0.15, -0.1) is 6.58 Å². The van der Waals surface area contributed by atoms with E-state index in [1.165, 1.54) is 0 Å². The van der Waals surface area contributed by atoms with E-state index in [0.717, 1.165) is 26.2 Å². The third-order valence-corrected chi connectivity index (χ3v) is 1.58. The predicted molar refractivity (Wildman–Crippen MR) is 45.6 cm³/mol. The molecule has 1 aliphatic heterocycles. The number of hydrogen-bond acceptors (Lipinski definition) is 3. The standard InChI is InChI=1S/C8H14N2O/c1-2-4-9-10-6-8-3-5-11-7-8/h2,6,8-9H,1,3-5,7H2/b10-6+. The Morgan fingerprint density at radius 2 is 2.64 bits per heavy atom. The quantitative estimate of drug-likeness (QED) is 0.281. The summed E-state index contributed by atoms with van der Waals surface area (Å²) in [5.74, 6) is 0.507. The van der Waals surface area contributed by atoms with Gasteiger partial charge in [-0.1, -0.05) is 6.08 Å². The van der Waals surface area contributed by atoms with Crippen molar-refractivity contribution in [1.82, 2.24) is 5.43 Å². The Labute approximate surface area is 67.1 Å². The normalized spacial score (nSPS) is 24.2. The van der Waals surface area contributed by atoms with Crippen LogP contribution in [0.4, 0.5) is 0 Å². The molecule has 0 amide bonds. The van der Waals surface area contributed by atoms with Crippen LogP contribution in [0.15, 0.2) is 17.8 Å². The van der Waals surface area contributed by atoms with Gasteiger partial charge in [0.05, 0.1) is 13.2 Å². The summed E-state index contributed by atoms with van der Waals surface area (Å²) < 4.78 is 5.17. The highest BCUT2D eigenvalue weighted by Gasteiger charge is 2.12. The molecule has 0 aromatic rings. The molecule has 0 aliphatic carbocycles. The zero-order valence-electron chi connectivity index (χ0n) is 6.62. The summed E-state index contributed by atoms with van der Waals surface area (Å²) in [6.07, 6.45) is 4.79. The number of hydrazone groups is 1. The molecule has 0 saturated carbocycles. The van der Waals surface area contributed by atoms with Crippen LogP contribution in [0.5, 0.6) is 0 Å². The molecular formula is C8H14N2O. The Hall–Kier alpha value is -0.830. The molecule has 1 rings (SSSR count). The molecule has 11 heavy (non-hydrogen) atoms. The Kier molecular flexibility index (Phi) is 3.69. The number of nitrogens with zero attached hydrogens (tertiary/aromatic N) is 1. The van der Waals surface area contributed by atoms with Gasteiger partial charge in [-0.25, -0.2) is 0 Å². The fourth-order valence-corrected chi connectivity index (χ4v) is 0.946. The highest BCUT2D eigenvalue weighted by molar-refractivity contribution is 5.60. The number of hydrogen-bond donors (Lipinski definition) is 1. The summed E-state index contributed by atoms with van der Waals surface area (Å²) in [7, 11) is 0. The molecule has 0 aromatic heterocycles. The first-order valence-corrected chi connectivity index (χ1v) is 3.88. The van der Waals surface area contributed by atoms with Gasteiger partial charge in [0.25, 0.3) is 0 Å². The number of ether oxygens (including phenoxy) is 1. The van der Waals surface area contributed by atoms with Crippen molar-refractivity contribution >= 4 is 6.21 Å². The minimum absolute atomic E-state index is 0.507. The van der Waals surface area contributed by atoms with Gasteiger partial charge >= 0.3 is 0 Å². The number of rotatable bonds is 4. The van der Waals surface area contributed by atoms with Gasteiger partial charge in [-0.2, -0.15) is 5.10 Å². The summed E-state index contributed by atoms with van der Waals surface area (Å²) >= 11 is 0. The fraction of sp³-hybridized carbons (Fsp3) is 0.625. The van der Waals surface area contributed by atoms with E-state index in [4.69, 9.17) is 4.74 Å². The molecule has 0 spiro atoms. The van der Waals surface area contributed by atoms with Gasteiger partial charge in [-0.3, -0.25) is 0 Å². The van der Waals surface area contributed by atoms with Crippen molar-refractivity contribution in [1.29, 1.82) is 0 Å². The van der Waals surface area contributed by atoms with Crippen molar-refractivity contribution < 1.29 is 4.74 Å². The lowest BCUT2D eigenvalue weighted by Crippen LogP contribution is -2.08. The van der Waals surface area contributed by atoms with Crippen molar-refractivity contribution in [2.45, 2.75) is 6.42 Å². The third kappa shape index (κ3) is 3.18. The maximum Gasteiger partial charge on any atom is 0.0545 e. The minimum atomic E-state index is 0.507. The van der Waals surface area contributed by atoms with Gasteiger partial charge in [0.15, 0.2) is 0 Å². The zero-order valence-corrected chi connectivity index (χ0v) is 6.62. The van der Waals surface area contributed by atoms with E-state index in [2.05, 4.69) is 17.1 Å². The molecule has 0 bridgehead atoms. The van der Waals surface area contributed by atoms with Crippen LogP contribution in [0.2, 0.25) is 0 Å². The van der Waals surface area contributed by atoms with Crippen molar-refractivity contribution in [3.05, 3.63) is 12.7 Å². The molecule has 0 aromatic carbocycles. The highest BCUT2D eigenvalue weighted by atomic mass is 16.5. The summed E-state index contributed by atoms with van der Waals surface area (Å²) in [5, 5.41) is 4.02. The van der Waals surface area contributed by atoms with Gasteiger partial charge in [0.2, 0.25) is 0 Å². The second kappa shape index (κ2) is 4.91. The maximum absolute atomic E-state index is 5.17. The lowest BCUT2D eigenvalue weighted by molar-refractivity contribution is 0.193. The molecule has 1 saturated heterocycles. The molecule has 3 heteroatoms. The fourth-order valence-electron chi connectivity index (χ4n) is 0.946. The van der Waals surface area contributed by atoms with E-state index >= 15 is 0 Å². The van der Waals surface area contributed by atoms with E-state index in [-0.39, 0.29) is 0 Å². The molecule has 62 valence electrons. The molecule has 0 radical (unpaired) electrons. The Morgan fingerprint density at radius 1 is 1.73 bits per heavy atom. The SMILES string of the molecule is C=CCN/N=C/C1CCOC1. The van der Waals surface area contributed by atoms with Gasteiger partial charge in [0, 0.05) is 18.7 Å². The molecule has 1 unspecified atom stereocenters. The van der Waals surface area contributed by atoms with Crippen molar-refractivity contribution in [3.63, 3.8) is 0 Å². The average Bonchev–Trinajstić information content (AvgIpc) is 2.50. The second-order valence-corrected chi connectivity index (χ2v) is 2.55. The Bertz CT molecular complexity index is 139. The van der Waals surface area contributed by atoms with E-state index in [1.54, 1.807) is 6.08 Å². The summed E-state index contributed by atoms with van der Waals surface area (Å²) in [6, 6.07) is 0. The van der Waals surface area contributed by atoms with Crippen LogP contribution in [0.25, 0.3) is 0 Å². The third-order valence-electron chi connectivity index (χ3n) is 1.58. The predicted octanol–water partition coefficient (Wildman–Crippen LogP) is 0.784. The van der Waals surface area contributed by atoms with Crippen LogP contribution in [-0.4, -0.2) is 26.0 Å². The molecule has 1 N–H and O–H groups in total. The zero-order chi connectivity index (χ0) is 7.94. The topological polar surface area (TPSA) is 33.6 Å². The van der Waals surface area contributed by atoms with Crippen LogP contribution < -0.4 is 5.43 Å². The monoisotopic (exact) mass is 154 g/mol. The summed E-state index contributed by atoms with van der Waals surface area (Å²) in [5.41, 5.74) is 2.86.